The molecule has 6 heteroatoms. The molecule has 1 aromatic heterocycles. The topological polar surface area (TPSA) is 43.8 Å². The van der Waals surface area contributed by atoms with Crippen molar-refractivity contribution in [1.82, 2.24) is 9.55 Å². The Morgan fingerprint density at radius 1 is 1.57 bits per heavy atom. The zero-order valence-corrected chi connectivity index (χ0v) is 7.75. The van der Waals surface area contributed by atoms with Gasteiger partial charge in [-0.2, -0.15) is 13.2 Å². The van der Waals surface area contributed by atoms with Crippen molar-refractivity contribution in [3.63, 3.8) is 0 Å². The van der Waals surface area contributed by atoms with Gasteiger partial charge in [-0.3, -0.25) is 0 Å². The number of alkyl halides is 3. The van der Waals surface area contributed by atoms with E-state index in [9.17, 15) is 13.2 Å². The summed E-state index contributed by atoms with van der Waals surface area (Å²) >= 11 is 0. The van der Waals surface area contributed by atoms with Gasteiger partial charge in [0.2, 0.25) is 0 Å². The summed E-state index contributed by atoms with van der Waals surface area (Å²) in [5, 5.41) is 0. The summed E-state index contributed by atoms with van der Waals surface area (Å²) in [7, 11) is 0. The van der Waals surface area contributed by atoms with Crippen molar-refractivity contribution in [1.29, 1.82) is 0 Å². The van der Waals surface area contributed by atoms with Gasteiger partial charge in [-0.05, 0) is 6.92 Å². The lowest BCUT2D eigenvalue weighted by Crippen LogP contribution is -2.16. The van der Waals surface area contributed by atoms with Crippen LogP contribution in [0.2, 0.25) is 0 Å². The number of rotatable bonds is 3. The molecule has 0 bridgehead atoms. The normalized spacial score (nSPS) is 14.4. The highest BCUT2D eigenvalue weighted by Gasteiger charge is 2.27. The van der Waals surface area contributed by atoms with Crippen LogP contribution < -0.4 is 5.73 Å². The van der Waals surface area contributed by atoms with Crippen LogP contribution in [0.3, 0.4) is 0 Å². The van der Waals surface area contributed by atoms with E-state index in [0.717, 1.165) is 0 Å². The van der Waals surface area contributed by atoms with Gasteiger partial charge in [0.05, 0.1) is 18.4 Å². The average molecular weight is 207 g/mol. The highest BCUT2D eigenvalue weighted by atomic mass is 19.4. The number of imidazole rings is 1. The van der Waals surface area contributed by atoms with E-state index >= 15 is 0 Å². The SMILES string of the molecule is C[C@@H](N)c1cncn1CCC(F)(F)F. The number of hydrogen-bond donors (Lipinski definition) is 1. The maximum atomic E-state index is 11.9. The van der Waals surface area contributed by atoms with E-state index in [4.69, 9.17) is 5.73 Å². The molecule has 1 rings (SSSR count). The van der Waals surface area contributed by atoms with Crippen LogP contribution >= 0.6 is 0 Å². The molecule has 0 amide bonds. The van der Waals surface area contributed by atoms with Crippen LogP contribution in [-0.4, -0.2) is 15.7 Å². The molecule has 0 saturated carbocycles. The molecule has 0 unspecified atom stereocenters. The summed E-state index contributed by atoms with van der Waals surface area (Å²) in [6.07, 6.45) is -2.14. The van der Waals surface area contributed by atoms with Gasteiger partial charge in [0.1, 0.15) is 0 Å². The molecular formula is C8H12F3N3. The van der Waals surface area contributed by atoms with Gasteiger partial charge in [-0.15, -0.1) is 0 Å². The molecule has 0 spiro atoms. The van der Waals surface area contributed by atoms with Gasteiger partial charge in [0, 0.05) is 18.8 Å². The van der Waals surface area contributed by atoms with Crippen LogP contribution in [0.1, 0.15) is 25.1 Å². The quantitative estimate of drug-likeness (QED) is 0.822. The Morgan fingerprint density at radius 2 is 2.21 bits per heavy atom. The minimum atomic E-state index is -4.14. The number of aryl methyl sites for hydroxylation is 1. The maximum absolute atomic E-state index is 11.9. The average Bonchev–Trinajstić information content (AvgIpc) is 2.46. The first-order valence-electron chi connectivity index (χ1n) is 4.22. The molecular weight excluding hydrogens is 195 g/mol. The lowest BCUT2D eigenvalue weighted by Gasteiger charge is -2.11. The van der Waals surface area contributed by atoms with E-state index in [1.54, 1.807) is 6.92 Å². The molecule has 3 nitrogen and oxygen atoms in total. The van der Waals surface area contributed by atoms with Crippen LogP contribution in [0.4, 0.5) is 13.2 Å². The van der Waals surface area contributed by atoms with Gasteiger partial charge in [-0.1, -0.05) is 0 Å². The Bertz CT molecular complexity index is 290. The van der Waals surface area contributed by atoms with Gasteiger partial charge < -0.3 is 10.3 Å². The van der Waals surface area contributed by atoms with Crippen LogP contribution in [0.15, 0.2) is 12.5 Å². The van der Waals surface area contributed by atoms with E-state index in [2.05, 4.69) is 4.98 Å². The van der Waals surface area contributed by atoms with E-state index in [0.29, 0.717) is 5.69 Å². The van der Waals surface area contributed by atoms with Gasteiger partial charge in [0.15, 0.2) is 0 Å². The molecule has 1 aromatic rings. The van der Waals surface area contributed by atoms with Crippen molar-refractivity contribution in [2.24, 2.45) is 5.73 Å². The van der Waals surface area contributed by atoms with Crippen molar-refractivity contribution >= 4 is 0 Å². The van der Waals surface area contributed by atoms with E-state index in [-0.39, 0.29) is 12.6 Å². The van der Waals surface area contributed by atoms with E-state index in [1.165, 1.54) is 17.1 Å². The monoisotopic (exact) mass is 207 g/mol. The Labute approximate surface area is 79.7 Å². The first-order valence-corrected chi connectivity index (χ1v) is 4.22. The molecule has 0 fully saturated rings. The van der Waals surface area contributed by atoms with Crippen LogP contribution in [0, 0.1) is 0 Å². The predicted octanol–water partition coefficient (Wildman–Crippen LogP) is 1.86. The van der Waals surface area contributed by atoms with Crippen molar-refractivity contribution in [2.75, 3.05) is 0 Å². The van der Waals surface area contributed by atoms with Crippen molar-refractivity contribution in [3.8, 4) is 0 Å². The van der Waals surface area contributed by atoms with Crippen molar-refractivity contribution in [2.45, 2.75) is 32.1 Å². The smallest absolute Gasteiger partial charge is 0.333 e. The second-order valence-corrected chi connectivity index (χ2v) is 3.17. The van der Waals surface area contributed by atoms with Crippen LogP contribution in [-0.2, 0) is 6.54 Å². The molecule has 0 aliphatic heterocycles. The highest BCUT2D eigenvalue weighted by Crippen LogP contribution is 2.21. The molecule has 2 N–H and O–H groups in total. The summed E-state index contributed by atoms with van der Waals surface area (Å²) < 4.78 is 37.2. The Hall–Kier alpha value is -1.04. The molecule has 1 atom stereocenters. The fourth-order valence-electron chi connectivity index (χ4n) is 1.14. The Morgan fingerprint density at radius 3 is 2.71 bits per heavy atom. The lowest BCUT2D eigenvalue weighted by atomic mass is 10.2. The third-order valence-electron chi connectivity index (χ3n) is 1.85. The predicted molar refractivity (Wildman–Crippen MR) is 45.5 cm³/mol. The molecule has 14 heavy (non-hydrogen) atoms. The second-order valence-electron chi connectivity index (χ2n) is 3.17. The summed E-state index contributed by atoms with van der Waals surface area (Å²) in [6.45, 7) is 1.58. The zero-order valence-electron chi connectivity index (χ0n) is 7.75. The first-order chi connectivity index (χ1) is 6.40. The van der Waals surface area contributed by atoms with Crippen LogP contribution in [0.25, 0.3) is 0 Å². The third kappa shape index (κ3) is 3.02. The minimum absolute atomic E-state index is 0.125. The van der Waals surface area contributed by atoms with Gasteiger partial charge in [-0.25, -0.2) is 4.98 Å². The molecule has 0 aliphatic carbocycles. The highest BCUT2D eigenvalue weighted by molar-refractivity contribution is 5.02. The molecule has 0 aromatic carbocycles. The fraction of sp³-hybridized carbons (Fsp3) is 0.625. The number of nitrogens with zero attached hydrogens (tertiary/aromatic N) is 2. The van der Waals surface area contributed by atoms with Crippen molar-refractivity contribution in [3.05, 3.63) is 18.2 Å². The summed E-state index contributed by atoms with van der Waals surface area (Å²) in [5.41, 5.74) is 6.18. The van der Waals surface area contributed by atoms with E-state index < -0.39 is 12.6 Å². The third-order valence-corrected chi connectivity index (χ3v) is 1.85. The largest absolute Gasteiger partial charge is 0.390 e. The van der Waals surface area contributed by atoms with Crippen LogP contribution in [0.5, 0.6) is 0 Å². The van der Waals surface area contributed by atoms with E-state index in [1.807, 2.05) is 0 Å². The molecule has 0 saturated heterocycles. The Balaban J connectivity index is 2.63. The molecule has 0 aliphatic rings. The zero-order chi connectivity index (χ0) is 10.8. The Kier molecular flexibility index (Phi) is 3.15. The summed E-state index contributed by atoms with van der Waals surface area (Å²) in [4.78, 5) is 3.76. The number of aromatic nitrogens is 2. The molecule has 1 heterocycles. The minimum Gasteiger partial charge on any atom is -0.333 e. The molecule has 0 radical (unpaired) electrons. The number of hydrogen-bond acceptors (Lipinski definition) is 2. The fourth-order valence-corrected chi connectivity index (χ4v) is 1.14. The second kappa shape index (κ2) is 4.00. The van der Waals surface area contributed by atoms with Crippen molar-refractivity contribution < 1.29 is 13.2 Å². The lowest BCUT2D eigenvalue weighted by molar-refractivity contribution is -0.136. The first kappa shape index (κ1) is 11.0. The van der Waals surface area contributed by atoms with Gasteiger partial charge in [0.25, 0.3) is 0 Å². The number of halogens is 3. The molecule has 80 valence electrons. The summed E-state index contributed by atoms with van der Waals surface area (Å²) in [5.74, 6) is 0. The van der Waals surface area contributed by atoms with Gasteiger partial charge >= 0.3 is 6.18 Å². The maximum Gasteiger partial charge on any atom is 0.390 e. The summed E-state index contributed by atoms with van der Waals surface area (Å²) in [6, 6.07) is -0.300. The standard InChI is InChI=1S/C8H12F3N3/c1-6(12)7-4-13-5-14(7)3-2-8(9,10)11/h4-6H,2-3,12H2,1H3/t6-/m1/s1. The number of nitrogens with two attached hydrogens (primary N) is 1.